The second kappa shape index (κ2) is 9.71. The van der Waals surface area contributed by atoms with E-state index in [9.17, 15) is 14.7 Å². The Morgan fingerprint density at radius 3 is 2.35 bits per heavy atom. The van der Waals surface area contributed by atoms with Crippen LogP contribution < -0.4 is 5.32 Å². The molecular weight excluding hydrogens is 497 g/mol. The Kier molecular flexibility index (Phi) is 6.43. The first-order valence-corrected chi connectivity index (χ1v) is 12.1. The van der Waals surface area contributed by atoms with Crippen molar-refractivity contribution in [3.8, 4) is 16.8 Å². The van der Waals surface area contributed by atoms with Gasteiger partial charge in [-0.3, -0.25) is 10.1 Å². The van der Waals surface area contributed by atoms with Gasteiger partial charge in [-0.15, -0.1) is 0 Å². The van der Waals surface area contributed by atoms with E-state index in [0.29, 0.717) is 18.4 Å². The normalized spacial score (nSPS) is 14.6. The average molecular weight is 520 g/mol. The number of anilines is 1. The van der Waals surface area contributed by atoms with E-state index in [2.05, 4.69) is 10.4 Å². The average Bonchev–Trinajstić information content (AvgIpc) is 3.65. The molecule has 0 bridgehead atoms. The third kappa shape index (κ3) is 4.56. The van der Waals surface area contributed by atoms with Crippen LogP contribution in [0.4, 0.5) is 15.0 Å². The molecule has 188 valence electrons. The Bertz CT molecular complexity index is 1470. The summed E-state index contributed by atoms with van der Waals surface area (Å²) in [5.41, 5.74) is 0.586. The highest BCUT2D eigenvalue weighted by atomic mass is 35.5. The molecular formula is C28H23ClFN3O4. The number of benzene rings is 3. The molecule has 1 aromatic heterocycles. The summed E-state index contributed by atoms with van der Waals surface area (Å²) >= 11 is 6.35. The number of hydrogen-bond donors (Lipinski definition) is 2. The lowest BCUT2D eigenvalue weighted by Gasteiger charge is -2.21. The summed E-state index contributed by atoms with van der Waals surface area (Å²) in [5, 5.41) is 16.8. The van der Waals surface area contributed by atoms with E-state index < -0.39 is 29.4 Å². The molecule has 0 aliphatic heterocycles. The third-order valence-electron chi connectivity index (χ3n) is 6.59. The molecule has 1 fully saturated rings. The monoisotopic (exact) mass is 519 g/mol. The Labute approximate surface area is 217 Å². The first-order chi connectivity index (χ1) is 17.8. The van der Waals surface area contributed by atoms with Crippen LogP contribution >= 0.6 is 11.6 Å². The van der Waals surface area contributed by atoms with Gasteiger partial charge < -0.3 is 9.84 Å². The fraction of sp³-hybridized carbons (Fsp3) is 0.179. The van der Waals surface area contributed by atoms with Gasteiger partial charge in [0.2, 0.25) is 0 Å². The fourth-order valence-corrected chi connectivity index (χ4v) is 4.58. The lowest BCUT2D eigenvalue weighted by Crippen LogP contribution is -2.24. The molecule has 1 unspecified atom stereocenters. The molecule has 1 amide bonds. The minimum absolute atomic E-state index is 0.0292. The Morgan fingerprint density at radius 2 is 1.73 bits per heavy atom. The summed E-state index contributed by atoms with van der Waals surface area (Å²) < 4.78 is 22.9. The van der Waals surface area contributed by atoms with Crippen LogP contribution in [0.2, 0.25) is 5.02 Å². The summed E-state index contributed by atoms with van der Waals surface area (Å²) in [6.07, 6.45) is 0.588. The maximum absolute atomic E-state index is 16.2. The topological polar surface area (TPSA) is 93.5 Å². The number of carboxylic acids is 1. The van der Waals surface area contributed by atoms with Gasteiger partial charge in [0.15, 0.2) is 11.6 Å². The predicted molar refractivity (Wildman–Crippen MR) is 137 cm³/mol. The Morgan fingerprint density at radius 1 is 1.08 bits per heavy atom. The molecule has 3 aromatic carbocycles. The van der Waals surface area contributed by atoms with Gasteiger partial charge in [-0.1, -0.05) is 84.4 Å². The number of halogens is 2. The predicted octanol–water partition coefficient (Wildman–Crippen LogP) is 6.76. The van der Waals surface area contributed by atoms with Crippen molar-refractivity contribution in [3.05, 3.63) is 101 Å². The molecule has 0 spiro atoms. The van der Waals surface area contributed by atoms with Crippen LogP contribution in [0, 0.1) is 5.82 Å². The van der Waals surface area contributed by atoms with E-state index in [-0.39, 0.29) is 27.7 Å². The first kappa shape index (κ1) is 24.5. The highest BCUT2D eigenvalue weighted by molar-refractivity contribution is 6.33. The van der Waals surface area contributed by atoms with Crippen LogP contribution in [0.15, 0.2) is 79.0 Å². The standard InChI is InChI=1S/C28H23ClFN3O4/c1-17(18-8-4-2-5-9-18)37-27(36)32-25-22(29)16-31-33(25)24-21(28(14-15-28)26(34)35)13-12-20(23(24)30)19-10-6-3-7-11-19/h2-13,16-17H,14-15H2,1H3,(H,32,36)(H,34,35). The van der Waals surface area contributed by atoms with Gasteiger partial charge in [-0.25, -0.2) is 13.9 Å². The molecule has 9 heteroatoms. The Balaban J connectivity index is 1.57. The van der Waals surface area contributed by atoms with Crippen molar-refractivity contribution in [2.45, 2.75) is 31.3 Å². The Hall–Kier alpha value is -4.17. The molecule has 37 heavy (non-hydrogen) atoms. The largest absolute Gasteiger partial charge is 0.481 e. The van der Waals surface area contributed by atoms with E-state index in [4.69, 9.17) is 16.3 Å². The highest BCUT2D eigenvalue weighted by Crippen LogP contribution is 2.52. The minimum atomic E-state index is -1.25. The van der Waals surface area contributed by atoms with Crippen LogP contribution in [0.1, 0.15) is 37.0 Å². The summed E-state index contributed by atoms with van der Waals surface area (Å²) in [7, 11) is 0. The summed E-state index contributed by atoms with van der Waals surface area (Å²) in [4.78, 5) is 25.0. The number of carboxylic acid groups (broad SMARTS) is 1. The second-order valence-electron chi connectivity index (χ2n) is 8.91. The maximum Gasteiger partial charge on any atom is 0.413 e. The van der Waals surface area contributed by atoms with Crippen LogP contribution in [0.3, 0.4) is 0 Å². The third-order valence-corrected chi connectivity index (χ3v) is 6.86. The number of carbonyl (C=O) groups is 2. The molecule has 5 rings (SSSR count). The molecule has 0 radical (unpaired) electrons. The van der Waals surface area contributed by atoms with Crippen LogP contribution in [0.5, 0.6) is 0 Å². The number of aromatic nitrogens is 2. The zero-order valence-electron chi connectivity index (χ0n) is 19.8. The number of ether oxygens (including phenoxy) is 1. The molecule has 1 aliphatic rings. The van der Waals surface area contributed by atoms with E-state index in [0.717, 1.165) is 10.2 Å². The number of carbonyl (C=O) groups excluding carboxylic acids is 1. The molecule has 2 N–H and O–H groups in total. The van der Waals surface area contributed by atoms with E-state index in [1.54, 1.807) is 43.3 Å². The quantitative estimate of drug-likeness (QED) is 0.281. The van der Waals surface area contributed by atoms with Crippen molar-refractivity contribution >= 4 is 29.5 Å². The SMILES string of the molecule is CC(OC(=O)Nc1c(Cl)cnn1-c1c(C2(C(=O)O)CC2)ccc(-c2ccccc2)c1F)c1ccccc1. The van der Waals surface area contributed by atoms with Gasteiger partial charge in [-0.05, 0) is 36.5 Å². The van der Waals surface area contributed by atoms with Gasteiger partial charge in [0.1, 0.15) is 16.8 Å². The maximum atomic E-state index is 16.2. The van der Waals surface area contributed by atoms with Gasteiger partial charge in [-0.2, -0.15) is 5.10 Å². The van der Waals surface area contributed by atoms with Crippen LogP contribution in [0.25, 0.3) is 16.8 Å². The zero-order chi connectivity index (χ0) is 26.2. The molecule has 1 heterocycles. The lowest BCUT2D eigenvalue weighted by atomic mass is 9.91. The molecule has 0 saturated heterocycles. The van der Waals surface area contributed by atoms with Crippen molar-refractivity contribution in [1.82, 2.24) is 9.78 Å². The van der Waals surface area contributed by atoms with E-state index in [1.807, 2.05) is 36.4 Å². The molecule has 1 saturated carbocycles. The van der Waals surface area contributed by atoms with Gasteiger partial charge in [0.05, 0.1) is 11.6 Å². The summed E-state index contributed by atoms with van der Waals surface area (Å²) in [6.45, 7) is 1.72. The van der Waals surface area contributed by atoms with Gasteiger partial charge >= 0.3 is 12.1 Å². The highest BCUT2D eigenvalue weighted by Gasteiger charge is 2.54. The zero-order valence-corrected chi connectivity index (χ0v) is 20.6. The van der Waals surface area contributed by atoms with Crippen molar-refractivity contribution in [1.29, 1.82) is 0 Å². The summed E-state index contributed by atoms with van der Waals surface area (Å²) in [6, 6.07) is 21.2. The van der Waals surface area contributed by atoms with E-state index in [1.165, 1.54) is 6.20 Å². The van der Waals surface area contributed by atoms with Crippen molar-refractivity contribution in [2.24, 2.45) is 0 Å². The number of hydrogen-bond acceptors (Lipinski definition) is 4. The number of aliphatic carboxylic acids is 1. The lowest BCUT2D eigenvalue weighted by molar-refractivity contribution is -0.140. The second-order valence-corrected chi connectivity index (χ2v) is 9.32. The van der Waals surface area contributed by atoms with Gasteiger partial charge in [0.25, 0.3) is 0 Å². The van der Waals surface area contributed by atoms with Crippen LogP contribution in [-0.4, -0.2) is 26.9 Å². The number of nitrogens with zero attached hydrogens (tertiary/aromatic N) is 2. The smallest absolute Gasteiger partial charge is 0.413 e. The molecule has 4 aromatic rings. The van der Waals surface area contributed by atoms with Gasteiger partial charge in [0, 0.05) is 5.56 Å². The van der Waals surface area contributed by atoms with Crippen molar-refractivity contribution in [3.63, 3.8) is 0 Å². The fourth-order valence-electron chi connectivity index (χ4n) is 4.41. The van der Waals surface area contributed by atoms with Crippen molar-refractivity contribution in [2.75, 3.05) is 5.32 Å². The van der Waals surface area contributed by atoms with Crippen molar-refractivity contribution < 1.29 is 23.8 Å². The van der Waals surface area contributed by atoms with Crippen LogP contribution in [-0.2, 0) is 14.9 Å². The number of nitrogens with one attached hydrogen (secondary N) is 1. The summed E-state index contributed by atoms with van der Waals surface area (Å²) in [5.74, 6) is -1.76. The van der Waals surface area contributed by atoms with E-state index >= 15 is 4.39 Å². The first-order valence-electron chi connectivity index (χ1n) is 11.7. The molecule has 1 aliphatic carbocycles. The molecule has 1 atom stereocenters. The molecule has 7 nitrogen and oxygen atoms in total. The minimum Gasteiger partial charge on any atom is -0.481 e. The number of rotatable bonds is 7. The number of amides is 1.